The summed E-state index contributed by atoms with van der Waals surface area (Å²) in [5.74, 6) is 1.50. The molecule has 1 saturated carbocycles. The molecule has 112 valence electrons. The van der Waals surface area contributed by atoms with E-state index in [9.17, 15) is 4.79 Å². The van der Waals surface area contributed by atoms with Crippen LogP contribution < -0.4 is 4.74 Å². The lowest BCUT2D eigenvalue weighted by Gasteiger charge is -2.39. The molecule has 4 heteroatoms. The predicted molar refractivity (Wildman–Crippen MR) is 78.0 cm³/mol. The Morgan fingerprint density at radius 2 is 1.95 bits per heavy atom. The van der Waals surface area contributed by atoms with E-state index in [0.29, 0.717) is 32.2 Å². The largest absolute Gasteiger partial charge is 0.485 e. The average molecular weight is 287 g/mol. The van der Waals surface area contributed by atoms with Crippen LogP contribution in [-0.2, 0) is 16.1 Å². The average Bonchev–Trinajstić information content (AvgIpc) is 3.33. The van der Waals surface area contributed by atoms with Gasteiger partial charge < -0.3 is 14.4 Å². The van der Waals surface area contributed by atoms with Crippen molar-refractivity contribution in [2.45, 2.75) is 37.8 Å². The Labute approximate surface area is 125 Å². The quantitative estimate of drug-likeness (QED) is 0.796. The second-order valence-electron chi connectivity index (χ2n) is 6.47. The van der Waals surface area contributed by atoms with Crippen molar-refractivity contribution in [3.63, 3.8) is 0 Å². The molecule has 1 amide bonds. The summed E-state index contributed by atoms with van der Waals surface area (Å²) in [5, 5.41) is 0. The van der Waals surface area contributed by atoms with E-state index >= 15 is 0 Å². The molecule has 0 N–H and O–H groups in total. The molecule has 4 nitrogen and oxygen atoms in total. The third-order valence-electron chi connectivity index (χ3n) is 4.78. The highest BCUT2D eigenvalue weighted by Gasteiger charge is 2.43. The van der Waals surface area contributed by atoms with Gasteiger partial charge in [-0.1, -0.05) is 18.2 Å². The Balaban J connectivity index is 1.68. The Bertz CT molecular complexity index is 547. The maximum atomic E-state index is 12.6. The first kappa shape index (κ1) is 13.1. The van der Waals surface area contributed by atoms with Gasteiger partial charge in [0.15, 0.2) is 0 Å². The Morgan fingerprint density at radius 3 is 2.71 bits per heavy atom. The second-order valence-corrected chi connectivity index (χ2v) is 6.47. The minimum atomic E-state index is -0.268. The molecule has 21 heavy (non-hydrogen) atoms. The minimum Gasteiger partial charge on any atom is -0.485 e. The first-order valence-electron chi connectivity index (χ1n) is 7.89. The maximum Gasteiger partial charge on any atom is 0.226 e. The van der Waals surface area contributed by atoms with Gasteiger partial charge in [0, 0.05) is 30.9 Å². The molecule has 0 unspecified atom stereocenters. The van der Waals surface area contributed by atoms with Gasteiger partial charge in [-0.25, -0.2) is 0 Å². The lowest BCUT2D eigenvalue weighted by molar-refractivity contribution is -0.137. The molecule has 3 aliphatic rings. The van der Waals surface area contributed by atoms with Crippen LogP contribution in [0.15, 0.2) is 24.3 Å². The second kappa shape index (κ2) is 5.02. The van der Waals surface area contributed by atoms with Crippen molar-refractivity contribution in [1.82, 2.24) is 4.90 Å². The van der Waals surface area contributed by atoms with Crippen LogP contribution in [0.2, 0.25) is 0 Å². The van der Waals surface area contributed by atoms with Gasteiger partial charge in [-0.2, -0.15) is 0 Å². The zero-order valence-electron chi connectivity index (χ0n) is 12.2. The Hall–Kier alpha value is -1.55. The van der Waals surface area contributed by atoms with E-state index in [4.69, 9.17) is 9.47 Å². The van der Waals surface area contributed by atoms with Crippen molar-refractivity contribution < 1.29 is 14.3 Å². The van der Waals surface area contributed by atoms with Gasteiger partial charge in [-0.15, -0.1) is 0 Å². The van der Waals surface area contributed by atoms with E-state index in [1.807, 2.05) is 23.1 Å². The fourth-order valence-corrected chi connectivity index (χ4v) is 3.36. The van der Waals surface area contributed by atoms with E-state index in [1.165, 1.54) is 0 Å². The molecular weight excluding hydrogens is 266 g/mol. The molecule has 2 heterocycles. The lowest BCUT2D eigenvalue weighted by atomic mass is 9.93. The van der Waals surface area contributed by atoms with Crippen molar-refractivity contribution in [3.05, 3.63) is 29.8 Å². The Morgan fingerprint density at radius 1 is 1.19 bits per heavy atom. The number of carbonyl (C=O) groups excluding carboxylic acids is 1. The number of nitrogens with zero attached hydrogens (tertiary/aromatic N) is 1. The summed E-state index contributed by atoms with van der Waals surface area (Å²) in [6.45, 7) is 2.80. The van der Waals surface area contributed by atoms with Crippen molar-refractivity contribution in [2.75, 3.05) is 19.8 Å². The van der Waals surface area contributed by atoms with Crippen LogP contribution in [-0.4, -0.2) is 36.2 Å². The van der Waals surface area contributed by atoms with Crippen LogP contribution in [0.25, 0.3) is 0 Å². The van der Waals surface area contributed by atoms with Gasteiger partial charge in [0.25, 0.3) is 0 Å². The fraction of sp³-hybridized carbons (Fsp3) is 0.588. The van der Waals surface area contributed by atoms with Crippen LogP contribution in [0.5, 0.6) is 5.75 Å². The summed E-state index contributed by atoms with van der Waals surface area (Å²) in [6.07, 6.45) is 3.81. The first-order valence-corrected chi connectivity index (χ1v) is 7.89. The van der Waals surface area contributed by atoms with E-state index in [1.54, 1.807) is 0 Å². The molecule has 1 saturated heterocycles. The van der Waals surface area contributed by atoms with Crippen molar-refractivity contribution in [3.8, 4) is 5.75 Å². The zero-order chi connectivity index (χ0) is 14.3. The van der Waals surface area contributed by atoms with Crippen LogP contribution in [0.1, 0.15) is 31.2 Å². The molecule has 1 aromatic rings. The predicted octanol–water partition coefficient (Wildman–Crippen LogP) is 2.37. The Kier molecular flexibility index (Phi) is 3.14. The number of para-hydroxylation sites is 1. The normalized spacial score (nSPS) is 24.1. The molecule has 0 atom stereocenters. The summed E-state index contributed by atoms with van der Waals surface area (Å²) < 4.78 is 11.9. The molecular formula is C17H21NO3. The molecule has 4 rings (SSSR count). The maximum absolute atomic E-state index is 12.6. The standard InChI is InChI=1S/C17H21NO3/c19-16(13-5-6-13)18-11-14-3-1-2-4-15(14)21-17(12-18)7-9-20-10-8-17/h1-4,13H,5-12H2. The number of ether oxygens (including phenoxy) is 2. The van der Waals surface area contributed by atoms with Crippen LogP contribution in [0.4, 0.5) is 0 Å². The summed E-state index contributed by atoms with van der Waals surface area (Å²) in [4.78, 5) is 14.6. The summed E-state index contributed by atoms with van der Waals surface area (Å²) in [7, 11) is 0. The number of fused-ring (bicyclic) bond motifs is 1. The van der Waals surface area contributed by atoms with Crippen molar-refractivity contribution >= 4 is 5.91 Å². The third-order valence-corrected chi connectivity index (χ3v) is 4.78. The highest BCUT2D eigenvalue weighted by atomic mass is 16.5. The van der Waals surface area contributed by atoms with Gasteiger partial charge in [0.05, 0.1) is 19.8 Å². The van der Waals surface area contributed by atoms with Crippen molar-refractivity contribution in [2.24, 2.45) is 5.92 Å². The molecule has 2 fully saturated rings. The molecule has 1 aliphatic carbocycles. The van der Waals surface area contributed by atoms with E-state index in [-0.39, 0.29) is 11.5 Å². The number of hydrogen-bond acceptors (Lipinski definition) is 3. The summed E-state index contributed by atoms with van der Waals surface area (Å²) >= 11 is 0. The SMILES string of the molecule is O=C(C1CC1)N1Cc2ccccc2OC2(CCOCC2)C1. The fourth-order valence-electron chi connectivity index (χ4n) is 3.36. The number of carbonyl (C=O) groups is 1. The van der Waals surface area contributed by atoms with E-state index < -0.39 is 0 Å². The molecule has 1 spiro atoms. The van der Waals surface area contributed by atoms with Gasteiger partial charge >= 0.3 is 0 Å². The minimum absolute atomic E-state index is 0.257. The molecule has 0 radical (unpaired) electrons. The molecule has 2 aliphatic heterocycles. The van der Waals surface area contributed by atoms with Crippen LogP contribution in [0, 0.1) is 5.92 Å². The highest BCUT2D eigenvalue weighted by molar-refractivity contribution is 5.81. The third kappa shape index (κ3) is 2.53. The van der Waals surface area contributed by atoms with Crippen LogP contribution >= 0.6 is 0 Å². The smallest absolute Gasteiger partial charge is 0.226 e. The zero-order valence-corrected chi connectivity index (χ0v) is 12.2. The van der Waals surface area contributed by atoms with Crippen molar-refractivity contribution in [1.29, 1.82) is 0 Å². The number of amides is 1. The summed E-state index contributed by atoms with van der Waals surface area (Å²) in [5.41, 5.74) is 0.852. The van der Waals surface area contributed by atoms with Gasteiger partial charge in [0.2, 0.25) is 5.91 Å². The van der Waals surface area contributed by atoms with E-state index in [2.05, 4.69) is 6.07 Å². The first-order chi connectivity index (χ1) is 10.3. The summed E-state index contributed by atoms with van der Waals surface area (Å²) in [6, 6.07) is 8.12. The van der Waals surface area contributed by atoms with Gasteiger partial charge in [0.1, 0.15) is 11.4 Å². The van der Waals surface area contributed by atoms with Gasteiger partial charge in [-0.05, 0) is 18.9 Å². The molecule has 0 aromatic heterocycles. The number of benzene rings is 1. The number of hydrogen-bond donors (Lipinski definition) is 0. The molecule has 0 bridgehead atoms. The lowest BCUT2D eigenvalue weighted by Crippen LogP contribution is -2.51. The number of rotatable bonds is 1. The monoisotopic (exact) mass is 287 g/mol. The highest BCUT2D eigenvalue weighted by Crippen LogP contribution is 2.38. The van der Waals surface area contributed by atoms with Gasteiger partial charge in [-0.3, -0.25) is 4.79 Å². The topological polar surface area (TPSA) is 38.8 Å². The van der Waals surface area contributed by atoms with Crippen LogP contribution in [0.3, 0.4) is 0 Å². The van der Waals surface area contributed by atoms with E-state index in [0.717, 1.165) is 37.0 Å². The molecule has 1 aromatic carbocycles.